The Morgan fingerprint density at radius 1 is 1.11 bits per heavy atom. The van der Waals surface area contributed by atoms with Crippen molar-refractivity contribution >= 4 is 17.3 Å². The van der Waals surface area contributed by atoms with Crippen molar-refractivity contribution in [2.24, 2.45) is 0 Å². The third-order valence-electron chi connectivity index (χ3n) is 2.55. The zero-order valence-corrected chi connectivity index (χ0v) is 11.0. The summed E-state index contributed by atoms with van der Waals surface area (Å²) < 4.78 is 0. The molecule has 0 saturated carbocycles. The minimum Gasteiger partial charge on any atom is -0.384 e. The van der Waals surface area contributed by atoms with Crippen LogP contribution in [0.2, 0.25) is 0 Å². The van der Waals surface area contributed by atoms with Gasteiger partial charge in [-0.1, -0.05) is 0 Å². The Morgan fingerprint density at radius 2 is 1.84 bits per heavy atom. The zero-order valence-electron chi connectivity index (χ0n) is 11.0. The summed E-state index contributed by atoms with van der Waals surface area (Å²) in [5.74, 6) is -0.242. The molecule has 0 aromatic carbocycles. The number of carbonyl (C=O) groups excluding carboxylic acids is 1. The fourth-order valence-corrected chi connectivity index (χ4v) is 1.57. The average molecular weight is 256 g/mol. The van der Waals surface area contributed by atoms with Crippen LogP contribution in [0.5, 0.6) is 0 Å². The molecular weight excluding hydrogens is 240 g/mol. The Kier molecular flexibility index (Phi) is 4.07. The molecule has 0 saturated heterocycles. The summed E-state index contributed by atoms with van der Waals surface area (Å²) in [6.45, 7) is 4.72. The maximum absolute atomic E-state index is 11.9. The second-order valence-electron chi connectivity index (χ2n) is 4.10. The largest absolute Gasteiger partial charge is 0.384 e. The molecule has 0 atom stereocenters. The topological polar surface area (TPSA) is 66.9 Å². The van der Waals surface area contributed by atoms with Gasteiger partial charge >= 0.3 is 0 Å². The van der Waals surface area contributed by atoms with Gasteiger partial charge in [-0.05, 0) is 38.1 Å². The van der Waals surface area contributed by atoms with Gasteiger partial charge in [0.25, 0.3) is 5.91 Å². The third kappa shape index (κ3) is 3.51. The minimum atomic E-state index is -0.242. The van der Waals surface area contributed by atoms with Gasteiger partial charge in [0.2, 0.25) is 0 Å². The summed E-state index contributed by atoms with van der Waals surface area (Å²) in [5.41, 5.74) is 2.84. The van der Waals surface area contributed by atoms with Gasteiger partial charge in [-0.25, -0.2) is 4.98 Å². The van der Waals surface area contributed by atoms with Crippen LogP contribution in [0.25, 0.3) is 0 Å². The molecule has 2 heterocycles. The number of carbonyl (C=O) groups is 1. The van der Waals surface area contributed by atoms with Gasteiger partial charge in [0.05, 0.1) is 23.8 Å². The monoisotopic (exact) mass is 256 g/mol. The molecule has 5 heteroatoms. The number of rotatable bonds is 4. The molecule has 19 heavy (non-hydrogen) atoms. The summed E-state index contributed by atoms with van der Waals surface area (Å²) >= 11 is 0. The van der Waals surface area contributed by atoms with Crippen molar-refractivity contribution in [3.8, 4) is 0 Å². The summed E-state index contributed by atoms with van der Waals surface area (Å²) in [4.78, 5) is 20.2. The number of aromatic nitrogens is 2. The van der Waals surface area contributed by atoms with Crippen LogP contribution in [-0.4, -0.2) is 22.4 Å². The Morgan fingerprint density at radius 3 is 2.42 bits per heavy atom. The van der Waals surface area contributed by atoms with E-state index < -0.39 is 0 Å². The van der Waals surface area contributed by atoms with E-state index in [1.165, 1.54) is 0 Å². The molecule has 0 radical (unpaired) electrons. The summed E-state index contributed by atoms with van der Waals surface area (Å²) in [6, 6.07) is 7.18. The molecule has 5 nitrogen and oxygen atoms in total. The Labute approximate surface area is 112 Å². The molecule has 2 aromatic rings. The first-order chi connectivity index (χ1) is 9.19. The van der Waals surface area contributed by atoms with Gasteiger partial charge < -0.3 is 10.6 Å². The van der Waals surface area contributed by atoms with E-state index in [9.17, 15) is 4.79 Å². The van der Waals surface area contributed by atoms with Crippen LogP contribution in [0.3, 0.4) is 0 Å². The highest BCUT2D eigenvalue weighted by atomic mass is 16.1. The number of aryl methyl sites for hydroxylation is 1. The van der Waals surface area contributed by atoms with E-state index in [0.29, 0.717) is 11.4 Å². The molecule has 2 N–H and O–H groups in total. The van der Waals surface area contributed by atoms with Crippen molar-refractivity contribution in [3.05, 3.63) is 48.0 Å². The molecule has 0 unspecified atom stereocenters. The molecule has 0 bridgehead atoms. The van der Waals surface area contributed by atoms with Gasteiger partial charge in [0.15, 0.2) is 0 Å². The first kappa shape index (κ1) is 13.0. The maximum atomic E-state index is 11.9. The van der Waals surface area contributed by atoms with Gasteiger partial charge in [-0.2, -0.15) is 0 Å². The first-order valence-electron chi connectivity index (χ1n) is 6.13. The normalized spacial score (nSPS) is 10.0. The number of anilines is 2. The standard InChI is InChI=1S/C14H16N4O/c1-3-15-11-6-7-13(17-8-11)14(19)18-12-5-4-10(2)16-9-12/h4-9,15H,3H2,1-2H3,(H,18,19). The van der Waals surface area contributed by atoms with E-state index in [1.54, 1.807) is 18.5 Å². The predicted molar refractivity (Wildman–Crippen MR) is 75.3 cm³/mol. The number of nitrogens with zero attached hydrogens (tertiary/aromatic N) is 2. The Bertz CT molecular complexity index is 549. The minimum absolute atomic E-state index is 0.242. The van der Waals surface area contributed by atoms with E-state index in [-0.39, 0.29) is 5.91 Å². The molecule has 0 spiro atoms. The first-order valence-corrected chi connectivity index (χ1v) is 6.13. The van der Waals surface area contributed by atoms with E-state index >= 15 is 0 Å². The van der Waals surface area contributed by atoms with Crippen molar-refractivity contribution in [2.75, 3.05) is 17.2 Å². The lowest BCUT2D eigenvalue weighted by Gasteiger charge is -2.06. The van der Waals surface area contributed by atoms with Crippen LogP contribution in [-0.2, 0) is 0 Å². The fourth-order valence-electron chi connectivity index (χ4n) is 1.57. The molecule has 0 fully saturated rings. The lowest BCUT2D eigenvalue weighted by Crippen LogP contribution is -2.14. The fraction of sp³-hybridized carbons (Fsp3) is 0.214. The van der Waals surface area contributed by atoms with E-state index in [0.717, 1.165) is 17.9 Å². The second-order valence-corrected chi connectivity index (χ2v) is 4.10. The summed E-state index contributed by atoms with van der Waals surface area (Å²) in [5, 5.41) is 5.88. The zero-order chi connectivity index (χ0) is 13.7. The number of nitrogens with one attached hydrogen (secondary N) is 2. The van der Waals surface area contributed by atoms with E-state index in [1.807, 2.05) is 32.0 Å². The van der Waals surface area contributed by atoms with Crippen LogP contribution < -0.4 is 10.6 Å². The van der Waals surface area contributed by atoms with Crippen molar-refractivity contribution in [1.29, 1.82) is 0 Å². The van der Waals surface area contributed by atoms with Gasteiger partial charge in [0, 0.05) is 12.2 Å². The van der Waals surface area contributed by atoms with Crippen LogP contribution in [0.4, 0.5) is 11.4 Å². The molecule has 0 aliphatic rings. The highest BCUT2D eigenvalue weighted by molar-refractivity contribution is 6.02. The van der Waals surface area contributed by atoms with E-state index in [4.69, 9.17) is 0 Å². The van der Waals surface area contributed by atoms with Gasteiger partial charge in [0.1, 0.15) is 5.69 Å². The Hall–Kier alpha value is -2.43. The average Bonchev–Trinajstić information content (AvgIpc) is 2.42. The number of pyridine rings is 2. The lowest BCUT2D eigenvalue weighted by molar-refractivity contribution is 0.102. The van der Waals surface area contributed by atoms with Crippen LogP contribution in [0.1, 0.15) is 23.1 Å². The van der Waals surface area contributed by atoms with Crippen molar-refractivity contribution in [1.82, 2.24) is 9.97 Å². The van der Waals surface area contributed by atoms with Crippen LogP contribution in [0.15, 0.2) is 36.7 Å². The van der Waals surface area contributed by atoms with Gasteiger partial charge in [-0.3, -0.25) is 9.78 Å². The maximum Gasteiger partial charge on any atom is 0.274 e. The predicted octanol–water partition coefficient (Wildman–Crippen LogP) is 2.47. The number of hydrogen-bond donors (Lipinski definition) is 2. The van der Waals surface area contributed by atoms with Crippen molar-refractivity contribution in [2.45, 2.75) is 13.8 Å². The molecule has 98 valence electrons. The number of amides is 1. The molecule has 0 aliphatic carbocycles. The lowest BCUT2D eigenvalue weighted by atomic mass is 10.3. The Balaban J connectivity index is 2.05. The van der Waals surface area contributed by atoms with Gasteiger partial charge in [-0.15, -0.1) is 0 Å². The summed E-state index contributed by atoms with van der Waals surface area (Å²) in [7, 11) is 0. The smallest absolute Gasteiger partial charge is 0.274 e. The highest BCUT2D eigenvalue weighted by Gasteiger charge is 2.07. The SMILES string of the molecule is CCNc1ccc(C(=O)Nc2ccc(C)nc2)nc1. The third-order valence-corrected chi connectivity index (χ3v) is 2.55. The van der Waals surface area contributed by atoms with E-state index in [2.05, 4.69) is 20.6 Å². The molecule has 1 amide bonds. The molecule has 2 rings (SSSR count). The van der Waals surface area contributed by atoms with Crippen LogP contribution in [0, 0.1) is 6.92 Å². The highest BCUT2D eigenvalue weighted by Crippen LogP contribution is 2.09. The quantitative estimate of drug-likeness (QED) is 0.881. The summed E-state index contributed by atoms with van der Waals surface area (Å²) in [6.07, 6.45) is 3.27. The van der Waals surface area contributed by atoms with Crippen molar-refractivity contribution < 1.29 is 4.79 Å². The molecule has 2 aromatic heterocycles. The second kappa shape index (κ2) is 5.95. The van der Waals surface area contributed by atoms with Crippen LogP contribution >= 0.6 is 0 Å². The number of hydrogen-bond acceptors (Lipinski definition) is 4. The molecule has 0 aliphatic heterocycles. The van der Waals surface area contributed by atoms with Crippen molar-refractivity contribution in [3.63, 3.8) is 0 Å². The molecular formula is C14H16N4O.